The Morgan fingerprint density at radius 3 is 2.56 bits per heavy atom. The fourth-order valence-corrected chi connectivity index (χ4v) is 6.12. The molecule has 32 heavy (non-hydrogen) atoms. The molecule has 0 radical (unpaired) electrons. The lowest BCUT2D eigenvalue weighted by Crippen LogP contribution is -2.41. The number of sulfonamides is 1. The second kappa shape index (κ2) is 10.1. The number of pyridine rings is 1. The van der Waals surface area contributed by atoms with E-state index in [1.165, 1.54) is 21.4 Å². The smallest absolute Gasteiger partial charge is 0.263 e. The van der Waals surface area contributed by atoms with Crippen molar-refractivity contribution >= 4 is 15.9 Å². The van der Waals surface area contributed by atoms with Gasteiger partial charge in [-0.3, -0.25) is 14.4 Å². The Balaban J connectivity index is 1.71. The van der Waals surface area contributed by atoms with Crippen LogP contribution in [-0.4, -0.2) is 55.5 Å². The van der Waals surface area contributed by atoms with Gasteiger partial charge in [-0.15, -0.1) is 0 Å². The van der Waals surface area contributed by atoms with Gasteiger partial charge in [0.1, 0.15) is 5.49 Å². The second-order valence-electron chi connectivity index (χ2n) is 8.35. The SMILES string of the molecule is CCc1ccc(C(=O)n2ccccc2=NC2CCCCC2)cc1S(=O)(=O)N1CCOCC1. The van der Waals surface area contributed by atoms with Crippen LogP contribution in [0.5, 0.6) is 0 Å². The number of rotatable bonds is 5. The first-order chi connectivity index (χ1) is 15.5. The van der Waals surface area contributed by atoms with E-state index in [1.54, 1.807) is 24.4 Å². The maximum absolute atomic E-state index is 13.4. The number of morpholine rings is 1. The van der Waals surface area contributed by atoms with Gasteiger partial charge in [-0.1, -0.05) is 38.3 Å². The lowest BCUT2D eigenvalue weighted by Gasteiger charge is -2.27. The van der Waals surface area contributed by atoms with Crippen LogP contribution in [0.4, 0.5) is 0 Å². The molecule has 1 aromatic carbocycles. The Bertz CT molecular complexity index is 1130. The first kappa shape index (κ1) is 22.9. The summed E-state index contributed by atoms with van der Waals surface area (Å²) in [5.41, 5.74) is 1.66. The molecule has 8 heteroatoms. The Morgan fingerprint density at radius 1 is 1.09 bits per heavy atom. The summed E-state index contributed by atoms with van der Waals surface area (Å²) in [6.45, 7) is 3.32. The highest BCUT2D eigenvalue weighted by Gasteiger charge is 2.29. The van der Waals surface area contributed by atoms with E-state index in [2.05, 4.69) is 0 Å². The molecule has 2 heterocycles. The molecule has 0 bridgehead atoms. The summed E-state index contributed by atoms with van der Waals surface area (Å²) in [7, 11) is -3.71. The molecule has 0 unspecified atom stereocenters. The maximum Gasteiger partial charge on any atom is 0.263 e. The number of carbonyl (C=O) groups is 1. The monoisotopic (exact) mass is 457 g/mol. The first-order valence-electron chi connectivity index (χ1n) is 11.5. The van der Waals surface area contributed by atoms with Gasteiger partial charge in [-0.2, -0.15) is 4.31 Å². The van der Waals surface area contributed by atoms with Gasteiger partial charge in [-0.05, 0) is 49.1 Å². The molecule has 172 valence electrons. The van der Waals surface area contributed by atoms with E-state index in [4.69, 9.17) is 9.73 Å². The molecule has 4 rings (SSSR count). The molecule has 1 aliphatic heterocycles. The van der Waals surface area contributed by atoms with Crippen LogP contribution in [0.1, 0.15) is 54.9 Å². The normalized spacial score (nSPS) is 19.2. The zero-order valence-corrected chi connectivity index (χ0v) is 19.4. The summed E-state index contributed by atoms with van der Waals surface area (Å²) in [5.74, 6) is -0.277. The lowest BCUT2D eigenvalue weighted by atomic mass is 9.96. The third-order valence-corrected chi connectivity index (χ3v) is 8.21. The van der Waals surface area contributed by atoms with Gasteiger partial charge in [0.15, 0.2) is 0 Å². The summed E-state index contributed by atoms with van der Waals surface area (Å²) in [6.07, 6.45) is 7.91. The Labute approximate surface area is 189 Å². The molecule has 0 N–H and O–H groups in total. The van der Waals surface area contributed by atoms with Crippen LogP contribution in [0.3, 0.4) is 0 Å². The van der Waals surface area contributed by atoms with Crippen molar-refractivity contribution in [2.24, 2.45) is 4.99 Å². The van der Waals surface area contributed by atoms with Gasteiger partial charge in [0.25, 0.3) is 5.91 Å². The van der Waals surface area contributed by atoms with E-state index in [-0.39, 0.29) is 16.8 Å². The van der Waals surface area contributed by atoms with Crippen molar-refractivity contribution < 1.29 is 17.9 Å². The van der Waals surface area contributed by atoms with Crippen molar-refractivity contribution in [1.29, 1.82) is 0 Å². The average molecular weight is 458 g/mol. The summed E-state index contributed by atoms with van der Waals surface area (Å²) in [6, 6.07) is 10.7. The Morgan fingerprint density at radius 2 is 1.84 bits per heavy atom. The molecule has 1 saturated carbocycles. The summed E-state index contributed by atoms with van der Waals surface area (Å²) in [4.78, 5) is 18.5. The zero-order chi connectivity index (χ0) is 22.6. The van der Waals surface area contributed by atoms with Crippen LogP contribution < -0.4 is 5.49 Å². The third kappa shape index (κ3) is 4.87. The Hall–Kier alpha value is -2.29. The van der Waals surface area contributed by atoms with Crippen LogP contribution in [0.25, 0.3) is 0 Å². The highest BCUT2D eigenvalue weighted by Crippen LogP contribution is 2.24. The molecule has 2 aromatic rings. The molecule has 1 aliphatic carbocycles. The number of carbonyl (C=O) groups excluding carboxylic acids is 1. The van der Waals surface area contributed by atoms with Gasteiger partial charge in [0.05, 0.1) is 24.2 Å². The predicted molar refractivity (Wildman–Crippen MR) is 122 cm³/mol. The Kier molecular flexibility index (Phi) is 7.23. The van der Waals surface area contributed by atoms with Crippen LogP contribution >= 0.6 is 0 Å². The van der Waals surface area contributed by atoms with Crippen LogP contribution in [-0.2, 0) is 21.2 Å². The quantitative estimate of drug-likeness (QED) is 0.691. The molecule has 7 nitrogen and oxygen atoms in total. The minimum Gasteiger partial charge on any atom is -0.379 e. The first-order valence-corrected chi connectivity index (χ1v) is 12.9. The van der Waals surface area contributed by atoms with E-state index in [0.717, 1.165) is 25.7 Å². The van der Waals surface area contributed by atoms with Gasteiger partial charge in [-0.25, -0.2) is 8.42 Å². The fourth-order valence-electron chi connectivity index (χ4n) is 4.39. The molecule has 0 amide bonds. The molecule has 1 aromatic heterocycles. The van der Waals surface area contributed by atoms with Crippen molar-refractivity contribution in [1.82, 2.24) is 8.87 Å². The molecule has 0 spiro atoms. The summed E-state index contributed by atoms with van der Waals surface area (Å²) < 4.78 is 35.0. The van der Waals surface area contributed by atoms with E-state index in [9.17, 15) is 13.2 Å². The summed E-state index contributed by atoms with van der Waals surface area (Å²) >= 11 is 0. The van der Waals surface area contributed by atoms with E-state index >= 15 is 0 Å². The third-order valence-electron chi connectivity index (χ3n) is 6.23. The van der Waals surface area contributed by atoms with Crippen molar-refractivity contribution in [3.8, 4) is 0 Å². The minimum atomic E-state index is -3.71. The average Bonchev–Trinajstić information content (AvgIpc) is 2.85. The van der Waals surface area contributed by atoms with Crippen LogP contribution in [0, 0.1) is 0 Å². The van der Waals surface area contributed by atoms with Crippen molar-refractivity contribution in [2.45, 2.75) is 56.4 Å². The number of aromatic nitrogens is 1. The molecule has 2 fully saturated rings. The molecule has 1 saturated heterocycles. The van der Waals surface area contributed by atoms with Gasteiger partial charge in [0, 0.05) is 24.8 Å². The highest BCUT2D eigenvalue weighted by atomic mass is 32.2. The summed E-state index contributed by atoms with van der Waals surface area (Å²) in [5, 5.41) is 0. The van der Waals surface area contributed by atoms with Gasteiger partial charge >= 0.3 is 0 Å². The molecule has 2 aliphatic rings. The molecular formula is C24H31N3O4S. The maximum atomic E-state index is 13.4. The largest absolute Gasteiger partial charge is 0.379 e. The van der Waals surface area contributed by atoms with Gasteiger partial charge < -0.3 is 4.74 Å². The van der Waals surface area contributed by atoms with E-state index < -0.39 is 10.0 Å². The molecular weight excluding hydrogens is 426 g/mol. The highest BCUT2D eigenvalue weighted by molar-refractivity contribution is 7.89. The molecule has 0 atom stereocenters. The standard InChI is InChI=1S/C24H31N3O4S/c1-2-19-11-12-20(18-22(19)32(29,30)26-14-16-31-17-15-26)24(28)27-13-7-6-10-23(27)25-21-8-4-3-5-9-21/h6-7,10-13,18,21H,2-5,8-9,14-17H2,1H3. The number of hydrogen-bond acceptors (Lipinski definition) is 5. The van der Waals surface area contributed by atoms with Crippen molar-refractivity contribution in [3.63, 3.8) is 0 Å². The van der Waals surface area contributed by atoms with E-state index in [0.29, 0.717) is 49.3 Å². The van der Waals surface area contributed by atoms with Crippen molar-refractivity contribution in [3.05, 3.63) is 59.2 Å². The fraction of sp³-hybridized carbons (Fsp3) is 0.500. The van der Waals surface area contributed by atoms with Gasteiger partial charge in [0.2, 0.25) is 10.0 Å². The lowest BCUT2D eigenvalue weighted by molar-refractivity contribution is 0.0730. The number of benzene rings is 1. The van der Waals surface area contributed by atoms with Crippen LogP contribution in [0.2, 0.25) is 0 Å². The topological polar surface area (TPSA) is 81.0 Å². The van der Waals surface area contributed by atoms with E-state index in [1.807, 2.05) is 19.1 Å². The predicted octanol–water partition coefficient (Wildman–Crippen LogP) is 2.99. The number of aryl methyl sites for hydroxylation is 1. The number of ether oxygens (including phenoxy) is 1. The minimum absolute atomic E-state index is 0.204. The number of nitrogens with zero attached hydrogens (tertiary/aromatic N) is 3. The van der Waals surface area contributed by atoms with Crippen molar-refractivity contribution in [2.75, 3.05) is 26.3 Å². The van der Waals surface area contributed by atoms with Crippen LogP contribution in [0.15, 0.2) is 52.5 Å². The second-order valence-corrected chi connectivity index (χ2v) is 10.3. The zero-order valence-electron chi connectivity index (χ0n) is 18.6. The number of hydrogen-bond donors (Lipinski definition) is 0.